The summed E-state index contributed by atoms with van der Waals surface area (Å²) in [6.07, 6.45) is 1.47. The minimum absolute atomic E-state index is 0.0482. The number of methoxy groups -OCH3 is 1. The molecule has 1 heterocycles. The number of ether oxygens (including phenoxy) is 1. The molecule has 1 amide bonds. The average Bonchev–Trinajstić information content (AvgIpc) is 2.87. The van der Waals surface area contributed by atoms with Crippen LogP contribution in [0.5, 0.6) is 0 Å². The molecule has 138 valence electrons. The maximum absolute atomic E-state index is 14.3. The maximum atomic E-state index is 14.3. The van der Waals surface area contributed by atoms with Crippen LogP contribution in [0.2, 0.25) is 10.0 Å². The van der Waals surface area contributed by atoms with Gasteiger partial charge in [-0.2, -0.15) is 0 Å². The fourth-order valence-corrected chi connectivity index (χ4v) is 3.34. The predicted molar refractivity (Wildman–Crippen MR) is 103 cm³/mol. The molecule has 0 N–H and O–H groups in total. The highest BCUT2D eigenvalue weighted by atomic mass is 35.5. The fraction of sp³-hybridized carbons (Fsp3) is 0.100. The highest BCUT2D eigenvalue weighted by Crippen LogP contribution is 2.37. The molecule has 0 aromatic heterocycles. The SMILES string of the molecule is COC(=O)C1=C(C)N(c2ccccc2F)C(=O)C1=Cc1ccc(Cl)cc1Cl. The van der Waals surface area contributed by atoms with E-state index in [2.05, 4.69) is 0 Å². The molecule has 4 nitrogen and oxygen atoms in total. The molecule has 2 aromatic rings. The van der Waals surface area contributed by atoms with Crippen LogP contribution in [-0.2, 0) is 14.3 Å². The van der Waals surface area contributed by atoms with Gasteiger partial charge in [0.15, 0.2) is 0 Å². The molecule has 0 saturated carbocycles. The Hall–Kier alpha value is -2.63. The largest absolute Gasteiger partial charge is 0.465 e. The van der Waals surface area contributed by atoms with Gasteiger partial charge in [0.2, 0.25) is 0 Å². The number of para-hydroxylation sites is 1. The van der Waals surface area contributed by atoms with Crippen LogP contribution in [0, 0.1) is 5.82 Å². The number of benzene rings is 2. The first-order chi connectivity index (χ1) is 12.8. The van der Waals surface area contributed by atoms with Crippen molar-refractivity contribution in [3.63, 3.8) is 0 Å². The zero-order valence-electron chi connectivity index (χ0n) is 14.4. The summed E-state index contributed by atoms with van der Waals surface area (Å²) in [4.78, 5) is 26.5. The Labute approximate surface area is 165 Å². The molecule has 0 aliphatic carbocycles. The van der Waals surface area contributed by atoms with Crippen LogP contribution in [0.15, 0.2) is 59.3 Å². The monoisotopic (exact) mass is 405 g/mol. The van der Waals surface area contributed by atoms with Gasteiger partial charge < -0.3 is 4.74 Å². The van der Waals surface area contributed by atoms with Gasteiger partial charge in [-0.1, -0.05) is 41.4 Å². The van der Waals surface area contributed by atoms with E-state index < -0.39 is 17.7 Å². The lowest BCUT2D eigenvalue weighted by molar-refractivity contribution is -0.136. The van der Waals surface area contributed by atoms with Crippen LogP contribution in [0.25, 0.3) is 6.08 Å². The Kier molecular flexibility index (Phi) is 5.35. The van der Waals surface area contributed by atoms with Gasteiger partial charge in [0.1, 0.15) is 5.82 Å². The fourth-order valence-electron chi connectivity index (χ4n) is 2.88. The van der Waals surface area contributed by atoms with Gasteiger partial charge in [0.05, 0.1) is 23.9 Å². The summed E-state index contributed by atoms with van der Waals surface area (Å²) in [5.41, 5.74) is 0.929. The van der Waals surface area contributed by atoms with Gasteiger partial charge in [-0.3, -0.25) is 9.69 Å². The van der Waals surface area contributed by atoms with Gasteiger partial charge in [0, 0.05) is 15.7 Å². The number of esters is 1. The van der Waals surface area contributed by atoms with E-state index in [4.69, 9.17) is 27.9 Å². The number of nitrogens with zero attached hydrogens (tertiary/aromatic N) is 1. The van der Waals surface area contributed by atoms with E-state index in [-0.39, 0.29) is 22.5 Å². The van der Waals surface area contributed by atoms with Gasteiger partial charge in [0.25, 0.3) is 5.91 Å². The first-order valence-electron chi connectivity index (χ1n) is 7.90. The Bertz CT molecular complexity index is 1010. The van der Waals surface area contributed by atoms with Crippen molar-refractivity contribution < 1.29 is 18.7 Å². The van der Waals surface area contributed by atoms with E-state index in [1.165, 1.54) is 37.5 Å². The van der Waals surface area contributed by atoms with E-state index >= 15 is 0 Å². The summed E-state index contributed by atoms with van der Waals surface area (Å²) in [5, 5.41) is 0.752. The van der Waals surface area contributed by atoms with Gasteiger partial charge in [-0.15, -0.1) is 0 Å². The van der Waals surface area contributed by atoms with Crippen LogP contribution >= 0.6 is 23.2 Å². The number of amides is 1. The third-order valence-corrected chi connectivity index (χ3v) is 4.71. The average molecular weight is 406 g/mol. The zero-order valence-corrected chi connectivity index (χ0v) is 15.9. The molecular weight excluding hydrogens is 392 g/mol. The standard InChI is InChI=1S/C20H14Cl2FNO3/c1-11-18(20(26)27-2)14(9-12-7-8-13(21)10-15(12)22)19(25)24(11)17-6-4-3-5-16(17)23/h3-10H,1-2H3. The Morgan fingerprint density at radius 3 is 2.52 bits per heavy atom. The number of rotatable bonds is 3. The van der Waals surface area contributed by atoms with Crippen LogP contribution in [0.3, 0.4) is 0 Å². The molecule has 1 aliphatic rings. The number of hydrogen-bond donors (Lipinski definition) is 0. The molecule has 1 aliphatic heterocycles. The molecule has 0 atom stereocenters. The van der Waals surface area contributed by atoms with Crippen LogP contribution < -0.4 is 4.90 Å². The number of halogens is 3. The normalized spacial score (nSPS) is 15.7. The number of anilines is 1. The molecule has 0 spiro atoms. The molecule has 0 bridgehead atoms. The lowest BCUT2D eigenvalue weighted by Crippen LogP contribution is -2.25. The summed E-state index contributed by atoms with van der Waals surface area (Å²) in [6, 6.07) is 10.6. The first kappa shape index (κ1) is 19.1. The molecule has 0 radical (unpaired) electrons. The van der Waals surface area contributed by atoms with E-state index in [0.29, 0.717) is 15.6 Å². The van der Waals surface area contributed by atoms with Crippen molar-refractivity contribution in [2.24, 2.45) is 0 Å². The molecule has 7 heteroatoms. The molecule has 0 fully saturated rings. The summed E-state index contributed by atoms with van der Waals surface area (Å²) < 4.78 is 19.1. The van der Waals surface area contributed by atoms with Gasteiger partial charge in [-0.05, 0) is 42.8 Å². The molecule has 0 unspecified atom stereocenters. The Morgan fingerprint density at radius 1 is 1.19 bits per heavy atom. The number of hydrogen-bond acceptors (Lipinski definition) is 3. The lowest BCUT2D eigenvalue weighted by atomic mass is 10.0. The van der Waals surface area contributed by atoms with Crippen molar-refractivity contribution in [3.05, 3.63) is 80.7 Å². The molecule has 0 saturated heterocycles. The smallest absolute Gasteiger partial charge is 0.340 e. The van der Waals surface area contributed by atoms with E-state index in [0.717, 1.165) is 4.90 Å². The molecule has 27 heavy (non-hydrogen) atoms. The second-order valence-corrected chi connectivity index (χ2v) is 6.61. The summed E-state index contributed by atoms with van der Waals surface area (Å²) in [7, 11) is 1.21. The van der Waals surface area contributed by atoms with Crippen molar-refractivity contribution in [2.75, 3.05) is 12.0 Å². The van der Waals surface area contributed by atoms with Crippen molar-refractivity contribution in [2.45, 2.75) is 6.92 Å². The minimum Gasteiger partial charge on any atom is -0.465 e. The quantitative estimate of drug-likeness (QED) is 0.532. The Balaban J connectivity index is 2.19. The second kappa shape index (κ2) is 7.55. The lowest BCUT2D eigenvalue weighted by Gasteiger charge is -2.18. The third-order valence-electron chi connectivity index (χ3n) is 4.15. The van der Waals surface area contributed by atoms with E-state index in [9.17, 15) is 14.0 Å². The summed E-state index contributed by atoms with van der Waals surface area (Å²) >= 11 is 12.1. The first-order valence-corrected chi connectivity index (χ1v) is 8.66. The summed E-state index contributed by atoms with van der Waals surface area (Å²) in [6.45, 7) is 1.56. The van der Waals surface area contributed by atoms with Crippen molar-refractivity contribution >= 4 is 46.8 Å². The van der Waals surface area contributed by atoms with E-state index in [1.54, 1.807) is 25.1 Å². The van der Waals surface area contributed by atoms with Crippen molar-refractivity contribution in [1.29, 1.82) is 0 Å². The Morgan fingerprint density at radius 2 is 1.89 bits per heavy atom. The zero-order chi connectivity index (χ0) is 19.7. The van der Waals surface area contributed by atoms with Gasteiger partial charge in [-0.25, -0.2) is 9.18 Å². The predicted octanol–water partition coefficient (Wildman–Crippen LogP) is 5.01. The van der Waals surface area contributed by atoms with Crippen LogP contribution in [0.1, 0.15) is 12.5 Å². The second-order valence-electron chi connectivity index (χ2n) is 5.77. The summed E-state index contributed by atoms with van der Waals surface area (Å²) in [5.74, 6) is -1.83. The minimum atomic E-state index is -0.698. The maximum Gasteiger partial charge on any atom is 0.340 e. The van der Waals surface area contributed by atoms with E-state index in [1.807, 2.05) is 0 Å². The van der Waals surface area contributed by atoms with Crippen molar-refractivity contribution in [1.82, 2.24) is 0 Å². The number of allylic oxidation sites excluding steroid dienone is 1. The highest BCUT2D eigenvalue weighted by molar-refractivity contribution is 6.36. The molecule has 2 aromatic carbocycles. The molecular formula is C20H14Cl2FNO3. The number of carbonyl (C=O) groups is 2. The van der Waals surface area contributed by atoms with Crippen molar-refractivity contribution in [3.8, 4) is 0 Å². The third kappa shape index (κ3) is 3.48. The van der Waals surface area contributed by atoms with Crippen LogP contribution in [-0.4, -0.2) is 19.0 Å². The molecule has 3 rings (SSSR count). The van der Waals surface area contributed by atoms with Crippen LogP contribution in [0.4, 0.5) is 10.1 Å². The van der Waals surface area contributed by atoms with Gasteiger partial charge >= 0.3 is 5.97 Å². The highest BCUT2D eigenvalue weighted by Gasteiger charge is 2.38. The topological polar surface area (TPSA) is 46.6 Å². The number of carbonyl (C=O) groups excluding carboxylic acids is 2.